The fourth-order valence-corrected chi connectivity index (χ4v) is 4.49. The van der Waals surface area contributed by atoms with Gasteiger partial charge in [0, 0.05) is 25.7 Å². The van der Waals surface area contributed by atoms with Crippen LogP contribution < -0.4 is 5.73 Å². The molecular weight excluding hydrogens is 224 g/mol. The fourth-order valence-electron chi connectivity index (χ4n) is 2.86. The van der Waals surface area contributed by atoms with E-state index in [2.05, 4.69) is 4.90 Å². The van der Waals surface area contributed by atoms with E-state index in [1.54, 1.807) is 0 Å². The highest BCUT2D eigenvalue weighted by Gasteiger charge is 2.37. The molecule has 2 N–H and O–H groups in total. The number of hydrogen-bond donors (Lipinski definition) is 1. The van der Waals surface area contributed by atoms with Crippen molar-refractivity contribution in [2.24, 2.45) is 11.7 Å². The molecule has 1 aliphatic heterocycles. The average Bonchev–Trinajstić information content (AvgIpc) is 2.12. The molecule has 0 amide bonds. The SMILES string of the molecule is CC1CN(CC2CC(N)C2)CC(C)S1(=O)=O. The Kier molecular flexibility index (Phi) is 3.29. The van der Waals surface area contributed by atoms with E-state index in [0.717, 1.165) is 19.4 Å². The lowest BCUT2D eigenvalue weighted by atomic mass is 9.80. The van der Waals surface area contributed by atoms with Crippen LogP contribution in [0.4, 0.5) is 0 Å². The lowest BCUT2D eigenvalue weighted by molar-refractivity contribution is 0.156. The predicted octanol–water partition coefficient (Wildman–Crippen LogP) is 0.231. The first-order valence-electron chi connectivity index (χ1n) is 6.10. The van der Waals surface area contributed by atoms with Crippen LogP contribution in [-0.2, 0) is 9.84 Å². The van der Waals surface area contributed by atoms with Crippen LogP contribution in [0.25, 0.3) is 0 Å². The van der Waals surface area contributed by atoms with Gasteiger partial charge in [-0.1, -0.05) is 0 Å². The Morgan fingerprint density at radius 1 is 1.19 bits per heavy atom. The van der Waals surface area contributed by atoms with Crippen LogP contribution in [0.3, 0.4) is 0 Å². The summed E-state index contributed by atoms with van der Waals surface area (Å²) in [5, 5.41) is -0.435. The van der Waals surface area contributed by atoms with Gasteiger partial charge in [-0.25, -0.2) is 8.42 Å². The highest BCUT2D eigenvalue weighted by molar-refractivity contribution is 7.92. The van der Waals surface area contributed by atoms with Gasteiger partial charge in [-0.3, -0.25) is 0 Å². The molecule has 2 fully saturated rings. The van der Waals surface area contributed by atoms with Gasteiger partial charge in [0.15, 0.2) is 9.84 Å². The van der Waals surface area contributed by atoms with Crippen molar-refractivity contribution >= 4 is 9.84 Å². The highest BCUT2D eigenvalue weighted by atomic mass is 32.2. The minimum Gasteiger partial charge on any atom is -0.328 e. The molecule has 94 valence electrons. The molecule has 0 bridgehead atoms. The summed E-state index contributed by atoms with van der Waals surface area (Å²) in [6, 6.07) is 0.383. The van der Waals surface area contributed by atoms with Gasteiger partial charge < -0.3 is 10.6 Å². The van der Waals surface area contributed by atoms with Gasteiger partial charge in [-0.2, -0.15) is 0 Å². The molecule has 2 unspecified atom stereocenters. The second-order valence-corrected chi connectivity index (χ2v) is 8.31. The van der Waals surface area contributed by atoms with Gasteiger partial charge in [0.2, 0.25) is 0 Å². The number of rotatable bonds is 2. The summed E-state index contributed by atoms with van der Waals surface area (Å²) in [5.41, 5.74) is 5.76. The van der Waals surface area contributed by atoms with Crippen LogP contribution in [0.2, 0.25) is 0 Å². The lowest BCUT2D eigenvalue weighted by Gasteiger charge is -2.40. The third kappa shape index (κ3) is 2.26. The standard InChI is InChI=1S/C11H22N2O2S/c1-8-5-13(6-9(2)16(8,14)15)7-10-3-11(12)4-10/h8-11H,3-7,12H2,1-2H3. The van der Waals surface area contributed by atoms with Gasteiger partial charge in [0.05, 0.1) is 10.5 Å². The van der Waals surface area contributed by atoms with Crippen molar-refractivity contribution in [3.8, 4) is 0 Å². The maximum absolute atomic E-state index is 11.8. The summed E-state index contributed by atoms with van der Waals surface area (Å²) in [6.07, 6.45) is 2.21. The molecule has 0 aromatic rings. The quantitative estimate of drug-likeness (QED) is 0.757. The maximum Gasteiger partial charge on any atom is 0.157 e. The second-order valence-electron chi connectivity index (χ2n) is 5.53. The molecule has 1 aliphatic carbocycles. The van der Waals surface area contributed by atoms with Crippen molar-refractivity contribution in [2.75, 3.05) is 19.6 Å². The second kappa shape index (κ2) is 4.27. The first kappa shape index (κ1) is 12.3. The molecule has 1 saturated heterocycles. The molecule has 0 aromatic carbocycles. The van der Waals surface area contributed by atoms with E-state index in [1.165, 1.54) is 0 Å². The molecule has 0 radical (unpaired) electrons. The monoisotopic (exact) mass is 246 g/mol. The molecule has 0 aromatic heterocycles. The number of nitrogens with zero attached hydrogens (tertiary/aromatic N) is 1. The Bertz CT molecular complexity index is 331. The van der Waals surface area contributed by atoms with E-state index >= 15 is 0 Å². The molecule has 2 rings (SSSR count). The molecule has 1 heterocycles. The first-order chi connectivity index (χ1) is 7.39. The van der Waals surface area contributed by atoms with Crippen molar-refractivity contribution in [1.29, 1.82) is 0 Å². The van der Waals surface area contributed by atoms with Gasteiger partial charge >= 0.3 is 0 Å². The van der Waals surface area contributed by atoms with Crippen molar-refractivity contribution in [1.82, 2.24) is 4.90 Å². The van der Waals surface area contributed by atoms with E-state index in [-0.39, 0.29) is 10.5 Å². The van der Waals surface area contributed by atoms with Gasteiger partial charge in [-0.05, 0) is 32.6 Å². The van der Waals surface area contributed by atoms with Gasteiger partial charge in [-0.15, -0.1) is 0 Å². The number of hydrogen-bond acceptors (Lipinski definition) is 4. The van der Waals surface area contributed by atoms with Crippen LogP contribution in [-0.4, -0.2) is 49.5 Å². The summed E-state index contributed by atoms with van der Waals surface area (Å²) in [4.78, 5) is 2.30. The van der Waals surface area contributed by atoms with E-state index < -0.39 is 9.84 Å². The predicted molar refractivity (Wildman–Crippen MR) is 65.0 cm³/mol. The van der Waals surface area contributed by atoms with E-state index in [4.69, 9.17) is 5.73 Å². The van der Waals surface area contributed by atoms with Crippen LogP contribution in [0.15, 0.2) is 0 Å². The topological polar surface area (TPSA) is 63.4 Å². The number of nitrogens with two attached hydrogens (primary N) is 1. The molecule has 0 spiro atoms. The normalized spacial score (nSPS) is 43.9. The van der Waals surface area contributed by atoms with Crippen LogP contribution in [0.1, 0.15) is 26.7 Å². The molecule has 16 heavy (non-hydrogen) atoms. The summed E-state index contributed by atoms with van der Waals surface area (Å²) in [6.45, 7) is 6.06. The fraction of sp³-hybridized carbons (Fsp3) is 1.00. The smallest absolute Gasteiger partial charge is 0.157 e. The van der Waals surface area contributed by atoms with Crippen LogP contribution in [0, 0.1) is 5.92 Å². The largest absolute Gasteiger partial charge is 0.328 e. The Balaban J connectivity index is 1.90. The Labute approximate surface area is 98.1 Å². The summed E-state index contributed by atoms with van der Waals surface area (Å²) in [5.74, 6) is 0.690. The minimum atomic E-state index is -2.87. The van der Waals surface area contributed by atoms with Crippen LogP contribution >= 0.6 is 0 Å². The van der Waals surface area contributed by atoms with E-state index in [9.17, 15) is 8.42 Å². The third-order valence-electron chi connectivity index (χ3n) is 3.94. The molecule has 1 saturated carbocycles. The Morgan fingerprint density at radius 2 is 1.69 bits per heavy atom. The third-order valence-corrected chi connectivity index (χ3v) is 6.48. The van der Waals surface area contributed by atoms with Crippen molar-refractivity contribution in [3.63, 3.8) is 0 Å². The van der Waals surface area contributed by atoms with Crippen molar-refractivity contribution in [2.45, 2.75) is 43.2 Å². The molecular formula is C11H22N2O2S. The zero-order valence-electron chi connectivity index (χ0n) is 10.1. The average molecular weight is 246 g/mol. The molecule has 4 nitrogen and oxygen atoms in total. The lowest BCUT2D eigenvalue weighted by Crippen LogP contribution is -2.53. The van der Waals surface area contributed by atoms with E-state index in [1.807, 2.05) is 13.8 Å². The zero-order valence-corrected chi connectivity index (χ0v) is 10.9. The zero-order chi connectivity index (χ0) is 11.9. The van der Waals surface area contributed by atoms with Gasteiger partial charge in [0.25, 0.3) is 0 Å². The van der Waals surface area contributed by atoms with Gasteiger partial charge in [0.1, 0.15) is 0 Å². The summed E-state index contributed by atoms with van der Waals surface area (Å²) >= 11 is 0. The Morgan fingerprint density at radius 3 is 2.12 bits per heavy atom. The molecule has 5 heteroatoms. The summed E-state index contributed by atoms with van der Waals surface area (Å²) in [7, 11) is -2.87. The molecule has 2 atom stereocenters. The van der Waals surface area contributed by atoms with Crippen molar-refractivity contribution < 1.29 is 8.42 Å². The minimum absolute atomic E-state index is 0.218. The first-order valence-corrected chi connectivity index (χ1v) is 7.71. The number of sulfone groups is 1. The van der Waals surface area contributed by atoms with Crippen molar-refractivity contribution in [3.05, 3.63) is 0 Å². The highest BCUT2D eigenvalue weighted by Crippen LogP contribution is 2.28. The van der Waals surface area contributed by atoms with E-state index in [0.29, 0.717) is 25.0 Å². The van der Waals surface area contributed by atoms with Crippen LogP contribution in [0.5, 0.6) is 0 Å². The summed E-state index contributed by atoms with van der Waals surface area (Å²) < 4.78 is 23.7. The Hall–Kier alpha value is -0.130. The molecule has 2 aliphatic rings. The maximum atomic E-state index is 11.8.